The lowest BCUT2D eigenvalue weighted by molar-refractivity contribution is 0.257. The first-order chi connectivity index (χ1) is 10.5. The SMILES string of the molecule is CC(C)(c1ccccc1O)c1c(O)cccc1OCC1CO1. The molecule has 0 aliphatic carbocycles. The fourth-order valence-corrected chi connectivity index (χ4v) is 2.75. The first-order valence-corrected chi connectivity index (χ1v) is 7.35. The molecule has 4 heteroatoms. The molecule has 1 atom stereocenters. The quantitative estimate of drug-likeness (QED) is 0.832. The van der Waals surface area contributed by atoms with E-state index in [0.717, 1.165) is 12.2 Å². The van der Waals surface area contributed by atoms with Crippen molar-refractivity contribution in [2.75, 3.05) is 13.2 Å². The fraction of sp³-hybridized carbons (Fsp3) is 0.333. The van der Waals surface area contributed by atoms with E-state index in [-0.39, 0.29) is 17.6 Å². The molecule has 1 unspecified atom stereocenters. The predicted molar refractivity (Wildman–Crippen MR) is 83.6 cm³/mol. The summed E-state index contributed by atoms with van der Waals surface area (Å²) in [6.45, 7) is 5.10. The molecule has 1 aliphatic heterocycles. The van der Waals surface area contributed by atoms with Crippen LogP contribution in [0.3, 0.4) is 0 Å². The molecule has 2 aromatic carbocycles. The number of phenols is 2. The number of rotatable bonds is 5. The number of phenolic OH excluding ortho intramolecular Hbond substituents is 2. The normalized spacial score (nSPS) is 17.3. The number of hydrogen-bond acceptors (Lipinski definition) is 4. The van der Waals surface area contributed by atoms with Gasteiger partial charge in [-0.05, 0) is 18.2 Å². The van der Waals surface area contributed by atoms with Crippen LogP contribution in [0.1, 0.15) is 25.0 Å². The number of para-hydroxylation sites is 1. The molecule has 3 rings (SSSR count). The summed E-state index contributed by atoms with van der Waals surface area (Å²) in [5.41, 5.74) is 0.803. The molecule has 2 N–H and O–H groups in total. The lowest BCUT2D eigenvalue weighted by Crippen LogP contribution is -2.21. The Morgan fingerprint density at radius 2 is 1.77 bits per heavy atom. The Morgan fingerprint density at radius 3 is 2.45 bits per heavy atom. The van der Waals surface area contributed by atoms with Crippen molar-refractivity contribution >= 4 is 0 Å². The molecule has 0 aromatic heterocycles. The second kappa shape index (κ2) is 5.54. The molecule has 1 heterocycles. The summed E-state index contributed by atoms with van der Waals surface area (Å²) in [7, 11) is 0. The zero-order chi connectivity index (χ0) is 15.7. The Hall–Kier alpha value is -2.20. The highest BCUT2D eigenvalue weighted by Gasteiger charge is 2.33. The Labute approximate surface area is 129 Å². The molecule has 0 spiro atoms. The van der Waals surface area contributed by atoms with Gasteiger partial charge >= 0.3 is 0 Å². The maximum Gasteiger partial charge on any atom is 0.127 e. The molecule has 0 saturated carbocycles. The molecule has 2 aromatic rings. The minimum Gasteiger partial charge on any atom is -0.508 e. The Bertz CT molecular complexity index is 675. The summed E-state index contributed by atoms with van der Waals surface area (Å²) < 4.78 is 11.0. The maximum atomic E-state index is 10.4. The zero-order valence-corrected chi connectivity index (χ0v) is 12.7. The van der Waals surface area contributed by atoms with Crippen molar-refractivity contribution < 1.29 is 19.7 Å². The highest BCUT2D eigenvalue weighted by molar-refractivity contribution is 5.55. The van der Waals surface area contributed by atoms with Gasteiger partial charge in [0.1, 0.15) is 30.0 Å². The van der Waals surface area contributed by atoms with Gasteiger partial charge in [-0.3, -0.25) is 0 Å². The van der Waals surface area contributed by atoms with E-state index in [1.165, 1.54) is 0 Å². The predicted octanol–water partition coefficient (Wildman–Crippen LogP) is 3.20. The number of epoxide rings is 1. The minimum atomic E-state index is -0.601. The van der Waals surface area contributed by atoms with Crippen LogP contribution < -0.4 is 4.74 Å². The summed E-state index contributed by atoms with van der Waals surface area (Å²) in [6, 6.07) is 12.4. The van der Waals surface area contributed by atoms with Crippen molar-refractivity contribution in [3.05, 3.63) is 53.6 Å². The topological polar surface area (TPSA) is 62.2 Å². The first-order valence-electron chi connectivity index (χ1n) is 7.35. The Kier molecular flexibility index (Phi) is 3.71. The lowest BCUT2D eigenvalue weighted by atomic mass is 9.76. The molecular formula is C18H20O4. The van der Waals surface area contributed by atoms with Gasteiger partial charge in [-0.2, -0.15) is 0 Å². The van der Waals surface area contributed by atoms with Gasteiger partial charge in [0, 0.05) is 16.5 Å². The van der Waals surface area contributed by atoms with Gasteiger partial charge in [-0.25, -0.2) is 0 Å². The van der Waals surface area contributed by atoms with Crippen LogP contribution in [0, 0.1) is 0 Å². The summed E-state index contributed by atoms with van der Waals surface area (Å²) in [4.78, 5) is 0. The maximum absolute atomic E-state index is 10.4. The van der Waals surface area contributed by atoms with Gasteiger partial charge in [0.15, 0.2) is 0 Å². The average Bonchev–Trinajstić information content (AvgIpc) is 3.29. The third kappa shape index (κ3) is 2.74. The van der Waals surface area contributed by atoms with Crippen molar-refractivity contribution in [2.24, 2.45) is 0 Å². The zero-order valence-electron chi connectivity index (χ0n) is 12.7. The second-order valence-corrected chi connectivity index (χ2v) is 6.06. The third-order valence-electron chi connectivity index (χ3n) is 4.03. The average molecular weight is 300 g/mol. The Morgan fingerprint density at radius 1 is 1.09 bits per heavy atom. The van der Waals surface area contributed by atoms with Crippen LogP contribution in [0.5, 0.6) is 17.2 Å². The smallest absolute Gasteiger partial charge is 0.127 e. The molecule has 0 amide bonds. The summed E-state index contributed by atoms with van der Waals surface area (Å²) in [5.74, 6) is 0.971. The minimum absolute atomic E-state index is 0.142. The monoisotopic (exact) mass is 300 g/mol. The van der Waals surface area contributed by atoms with Gasteiger partial charge in [0.2, 0.25) is 0 Å². The Balaban J connectivity index is 2.03. The van der Waals surface area contributed by atoms with Crippen molar-refractivity contribution in [1.82, 2.24) is 0 Å². The molecule has 0 radical (unpaired) electrons. The second-order valence-electron chi connectivity index (χ2n) is 6.06. The summed E-state index contributed by atoms with van der Waals surface area (Å²) >= 11 is 0. The number of hydrogen-bond donors (Lipinski definition) is 2. The van der Waals surface area contributed by atoms with E-state index < -0.39 is 5.41 Å². The van der Waals surface area contributed by atoms with Crippen LogP contribution >= 0.6 is 0 Å². The molecule has 0 bridgehead atoms. The summed E-state index contributed by atoms with van der Waals surface area (Å²) in [6.07, 6.45) is 0.142. The van der Waals surface area contributed by atoms with Crippen molar-refractivity contribution in [2.45, 2.75) is 25.4 Å². The van der Waals surface area contributed by atoms with Gasteiger partial charge in [0.25, 0.3) is 0 Å². The standard InChI is InChI=1S/C18H20O4/c1-18(2,13-6-3-4-7-14(13)19)17-15(20)8-5-9-16(17)22-11-12-10-21-12/h3-9,12,19-20H,10-11H2,1-2H3. The van der Waals surface area contributed by atoms with Gasteiger partial charge < -0.3 is 19.7 Å². The fourth-order valence-electron chi connectivity index (χ4n) is 2.75. The molecule has 1 saturated heterocycles. The van der Waals surface area contributed by atoms with Crippen LogP contribution in [-0.2, 0) is 10.2 Å². The molecule has 22 heavy (non-hydrogen) atoms. The van der Waals surface area contributed by atoms with E-state index in [4.69, 9.17) is 9.47 Å². The largest absolute Gasteiger partial charge is 0.508 e. The summed E-state index contributed by atoms with van der Waals surface area (Å²) in [5, 5.41) is 20.5. The van der Waals surface area contributed by atoms with E-state index in [9.17, 15) is 10.2 Å². The van der Waals surface area contributed by atoms with Crippen LogP contribution in [0.2, 0.25) is 0 Å². The highest BCUT2D eigenvalue weighted by atomic mass is 16.6. The highest BCUT2D eigenvalue weighted by Crippen LogP contribution is 2.45. The van der Waals surface area contributed by atoms with Crippen LogP contribution in [0.25, 0.3) is 0 Å². The number of ether oxygens (including phenoxy) is 2. The number of aromatic hydroxyl groups is 2. The molecule has 116 valence electrons. The van der Waals surface area contributed by atoms with Crippen molar-refractivity contribution in [3.8, 4) is 17.2 Å². The number of benzene rings is 2. The van der Waals surface area contributed by atoms with Crippen molar-refractivity contribution in [3.63, 3.8) is 0 Å². The molecule has 1 fully saturated rings. The van der Waals surface area contributed by atoms with Crippen LogP contribution in [0.15, 0.2) is 42.5 Å². The molecule has 4 nitrogen and oxygen atoms in total. The van der Waals surface area contributed by atoms with E-state index in [0.29, 0.717) is 17.9 Å². The van der Waals surface area contributed by atoms with E-state index in [1.807, 2.05) is 32.0 Å². The van der Waals surface area contributed by atoms with Crippen LogP contribution in [0.4, 0.5) is 0 Å². The van der Waals surface area contributed by atoms with Gasteiger partial charge in [0.05, 0.1) is 6.61 Å². The van der Waals surface area contributed by atoms with E-state index in [1.54, 1.807) is 24.3 Å². The van der Waals surface area contributed by atoms with Gasteiger partial charge in [-0.1, -0.05) is 38.1 Å². The van der Waals surface area contributed by atoms with Crippen LogP contribution in [-0.4, -0.2) is 29.5 Å². The first kappa shape index (κ1) is 14.7. The third-order valence-corrected chi connectivity index (χ3v) is 4.03. The van der Waals surface area contributed by atoms with E-state index >= 15 is 0 Å². The van der Waals surface area contributed by atoms with Gasteiger partial charge in [-0.15, -0.1) is 0 Å². The molecule has 1 aliphatic rings. The lowest BCUT2D eigenvalue weighted by Gasteiger charge is -2.29. The molecular weight excluding hydrogens is 280 g/mol. The van der Waals surface area contributed by atoms with E-state index in [2.05, 4.69) is 0 Å². The van der Waals surface area contributed by atoms with Crippen molar-refractivity contribution in [1.29, 1.82) is 0 Å².